The quantitative estimate of drug-likeness (QED) is 0.872. The molecule has 2 unspecified atom stereocenters. The second-order valence-electron chi connectivity index (χ2n) is 6.09. The van der Waals surface area contributed by atoms with E-state index in [9.17, 15) is 0 Å². The first-order chi connectivity index (χ1) is 8.36. The van der Waals surface area contributed by atoms with Gasteiger partial charge in [-0.1, -0.05) is 27.7 Å². The maximum Gasteiger partial charge on any atom is 0.0296 e. The fraction of sp³-hybridized carbons (Fsp3) is 0.667. The average Bonchev–Trinajstić information content (AvgIpc) is 2.27. The van der Waals surface area contributed by atoms with Gasteiger partial charge in [0.1, 0.15) is 0 Å². The Hall–Kier alpha value is -0.930. The first kappa shape index (κ1) is 15.1. The zero-order valence-corrected chi connectivity index (χ0v) is 12.4. The summed E-state index contributed by atoms with van der Waals surface area (Å²) >= 11 is 0. The molecule has 1 aromatic heterocycles. The van der Waals surface area contributed by atoms with Crippen LogP contribution in [0.15, 0.2) is 24.5 Å². The Morgan fingerprint density at radius 1 is 1.28 bits per heavy atom. The Bertz CT molecular complexity index is 341. The Morgan fingerprint density at radius 2 is 1.83 bits per heavy atom. The lowest BCUT2D eigenvalue weighted by Gasteiger charge is -2.42. The summed E-state index contributed by atoms with van der Waals surface area (Å²) in [7, 11) is 0. The molecule has 2 N–H and O–H groups in total. The Balaban J connectivity index is 2.87. The highest BCUT2D eigenvalue weighted by atomic mass is 15.2. The smallest absolute Gasteiger partial charge is 0.0296 e. The minimum absolute atomic E-state index is 0.159. The van der Waals surface area contributed by atoms with E-state index in [-0.39, 0.29) is 11.5 Å². The van der Waals surface area contributed by atoms with Crippen LogP contribution in [0.3, 0.4) is 0 Å². The monoisotopic (exact) mass is 249 g/mol. The van der Waals surface area contributed by atoms with Gasteiger partial charge in [-0.2, -0.15) is 0 Å². The molecule has 0 saturated heterocycles. The molecule has 0 aromatic carbocycles. The van der Waals surface area contributed by atoms with Crippen LogP contribution in [-0.4, -0.2) is 28.5 Å². The second-order valence-corrected chi connectivity index (χ2v) is 6.09. The van der Waals surface area contributed by atoms with Crippen molar-refractivity contribution in [3.63, 3.8) is 0 Å². The summed E-state index contributed by atoms with van der Waals surface area (Å²) in [5, 5.41) is 0. The lowest BCUT2D eigenvalue weighted by atomic mass is 9.81. The zero-order valence-electron chi connectivity index (χ0n) is 12.4. The van der Waals surface area contributed by atoms with E-state index in [4.69, 9.17) is 5.73 Å². The summed E-state index contributed by atoms with van der Waals surface area (Å²) < 4.78 is 0. The van der Waals surface area contributed by atoms with Gasteiger partial charge < -0.3 is 5.73 Å². The van der Waals surface area contributed by atoms with Crippen LogP contribution >= 0.6 is 0 Å². The first-order valence-electron chi connectivity index (χ1n) is 6.74. The van der Waals surface area contributed by atoms with Gasteiger partial charge in [-0.3, -0.25) is 9.88 Å². The Kier molecular flexibility index (Phi) is 5.29. The number of nitrogens with zero attached hydrogens (tertiary/aromatic N) is 2. The molecule has 0 aliphatic heterocycles. The molecule has 1 aromatic rings. The molecule has 18 heavy (non-hydrogen) atoms. The van der Waals surface area contributed by atoms with E-state index in [1.54, 1.807) is 0 Å². The first-order valence-corrected chi connectivity index (χ1v) is 6.74. The molecule has 102 valence electrons. The van der Waals surface area contributed by atoms with E-state index < -0.39 is 0 Å². The van der Waals surface area contributed by atoms with Crippen LogP contribution in [0.2, 0.25) is 0 Å². The van der Waals surface area contributed by atoms with Crippen molar-refractivity contribution in [2.75, 3.05) is 6.54 Å². The van der Waals surface area contributed by atoms with Crippen molar-refractivity contribution in [1.29, 1.82) is 0 Å². The van der Waals surface area contributed by atoms with Crippen molar-refractivity contribution < 1.29 is 0 Å². The summed E-state index contributed by atoms with van der Waals surface area (Å²) in [6.07, 6.45) is 3.70. The van der Waals surface area contributed by atoms with Gasteiger partial charge in [-0.15, -0.1) is 0 Å². The van der Waals surface area contributed by atoms with E-state index in [2.05, 4.69) is 56.6 Å². The molecule has 0 saturated carbocycles. The third kappa shape index (κ3) is 4.07. The summed E-state index contributed by atoms with van der Waals surface area (Å²) in [6, 6.07) is 4.68. The van der Waals surface area contributed by atoms with Gasteiger partial charge >= 0.3 is 0 Å². The zero-order chi connectivity index (χ0) is 13.8. The minimum atomic E-state index is 0.159. The molecule has 3 heteroatoms. The largest absolute Gasteiger partial charge is 0.327 e. The highest BCUT2D eigenvalue weighted by molar-refractivity contribution is 5.10. The van der Waals surface area contributed by atoms with Crippen LogP contribution < -0.4 is 5.73 Å². The van der Waals surface area contributed by atoms with E-state index in [1.807, 2.05) is 12.4 Å². The molecule has 1 heterocycles. The lowest BCUT2D eigenvalue weighted by Crippen LogP contribution is -2.53. The van der Waals surface area contributed by atoms with Gasteiger partial charge in [0.05, 0.1) is 0 Å². The highest BCUT2D eigenvalue weighted by Crippen LogP contribution is 2.27. The summed E-state index contributed by atoms with van der Waals surface area (Å²) in [4.78, 5) is 6.52. The van der Waals surface area contributed by atoms with Crippen molar-refractivity contribution in [3.8, 4) is 0 Å². The predicted octanol–water partition coefficient (Wildman–Crippen LogP) is 2.67. The SMILES string of the molecule is CCN(Cc1ccncc1)C(C(C)N)C(C)(C)C. The molecule has 0 bridgehead atoms. The van der Waals surface area contributed by atoms with Gasteiger partial charge in [-0.05, 0) is 36.6 Å². The van der Waals surface area contributed by atoms with Crippen LogP contribution in [0.5, 0.6) is 0 Å². The van der Waals surface area contributed by atoms with Crippen LogP contribution in [0.4, 0.5) is 0 Å². The highest BCUT2D eigenvalue weighted by Gasteiger charge is 2.32. The molecule has 0 radical (unpaired) electrons. The molecular formula is C15H27N3. The number of aromatic nitrogens is 1. The van der Waals surface area contributed by atoms with Crippen LogP contribution in [-0.2, 0) is 6.54 Å². The number of hydrogen-bond acceptors (Lipinski definition) is 3. The average molecular weight is 249 g/mol. The lowest BCUT2D eigenvalue weighted by molar-refractivity contribution is 0.0801. The number of hydrogen-bond donors (Lipinski definition) is 1. The Morgan fingerprint density at radius 3 is 2.22 bits per heavy atom. The topological polar surface area (TPSA) is 42.2 Å². The van der Waals surface area contributed by atoms with Gasteiger partial charge in [0.15, 0.2) is 0 Å². The minimum Gasteiger partial charge on any atom is -0.327 e. The van der Waals surface area contributed by atoms with Crippen LogP contribution in [0.25, 0.3) is 0 Å². The van der Waals surface area contributed by atoms with Crippen molar-refractivity contribution in [2.24, 2.45) is 11.1 Å². The fourth-order valence-corrected chi connectivity index (χ4v) is 2.80. The summed E-state index contributed by atoms with van der Waals surface area (Å²) in [5.41, 5.74) is 7.67. The molecule has 0 aliphatic carbocycles. The molecular weight excluding hydrogens is 222 g/mol. The maximum absolute atomic E-state index is 6.20. The predicted molar refractivity (Wildman–Crippen MR) is 77.2 cm³/mol. The number of likely N-dealkylation sites (N-methyl/N-ethyl adjacent to an activating group) is 1. The van der Waals surface area contributed by atoms with Crippen molar-refractivity contribution in [3.05, 3.63) is 30.1 Å². The van der Waals surface area contributed by atoms with Crippen LogP contribution in [0.1, 0.15) is 40.2 Å². The van der Waals surface area contributed by atoms with Crippen molar-refractivity contribution >= 4 is 0 Å². The molecule has 2 atom stereocenters. The van der Waals surface area contributed by atoms with E-state index >= 15 is 0 Å². The van der Waals surface area contributed by atoms with Crippen molar-refractivity contribution in [2.45, 2.75) is 53.2 Å². The Labute approximate surface area is 111 Å². The summed E-state index contributed by atoms with van der Waals surface area (Å²) in [5.74, 6) is 0. The molecule has 3 nitrogen and oxygen atoms in total. The van der Waals surface area contributed by atoms with E-state index in [1.165, 1.54) is 5.56 Å². The number of nitrogens with two attached hydrogens (primary N) is 1. The third-order valence-electron chi connectivity index (χ3n) is 3.32. The van der Waals surface area contributed by atoms with Gasteiger partial charge in [-0.25, -0.2) is 0 Å². The van der Waals surface area contributed by atoms with Gasteiger partial charge in [0.2, 0.25) is 0 Å². The van der Waals surface area contributed by atoms with Gasteiger partial charge in [0.25, 0.3) is 0 Å². The summed E-state index contributed by atoms with van der Waals surface area (Å²) in [6.45, 7) is 13.0. The molecule has 0 spiro atoms. The van der Waals surface area contributed by atoms with Crippen molar-refractivity contribution in [1.82, 2.24) is 9.88 Å². The van der Waals surface area contributed by atoms with E-state index in [0.29, 0.717) is 6.04 Å². The molecule has 0 amide bonds. The fourth-order valence-electron chi connectivity index (χ4n) is 2.80. The third-order valence-corrected chi connectivity index (χ3v) is 3.32. The number of pyridine rings is 1. The molecule has 1 rings (SSSR count). The molecule has 0 fully saturated rings. The van der Waals surface area contributed by atoms with Gasteiger partial charge in [0, 0.05) is 31.0 Å². The van der Waals surface area contributed by atoms with E-state index in [0.717, 1.165) is 13.1 Å². The normalized spacial score (nSPS) is 15.7. The molecule has 0 aliphatic rings. The van der Waals surface area contributed by atoms with Crippen LogP contribution in [0, 0.1) is 5.41 Å². The standard InChI is InChI=1S/C15H27N3/c1-6-18(11-13-7-9-17-10-8-13)14(12(2)16)15(3,4)5/h7-10,12,14H,6,11,16H2,1-5H3. The maximum atomic E-state index is 6.20. The second kappa shape index (κ2) is 6.30. The number of rotatable bonds is 5.